The number of aromatic nitrogens is 4. The van der Waals surface area contributed by atoms with E-state index in [2.05, 4.69) is 15.2 Å². The zero-order valence-electron chi connectivity index (χ0n) is 32.6. The van der Waals surface area contributed by atoms with Crippen LogP contribution in [0.1, 0.15) is 73.7 Å². The quantitative estimate of drug-likeness (QED) is 0.217. The fourth-order valence-electron chi connectivity index (χ4n) is 2.96. The molecule has 3 aromatic rings. The summed E-state index contributed by atoms with van der Waals surface area (Å²) in [5.74, 6) is -10.1. The van der Waals surface area contributed by atoms with E-state index >= 15 is 0 Å². The smallest absolute Gasteiger partial charge is 0.313 e. The maximum atomic E-state index is 14.0. The van der Waals surface area contributed by atoms with Gasteiger partial charge in [-0.3, -0.25) is 23.7 Å². The molecule has 2 N–H and O–H groups in total. The molecule has 3 rings (SSSR count). The van der Waals surface area contributed by atoms with Crippen molar-refractivity contribution in [2.75, 3.05) is 26.9 Å². The Bertz CT molecular complexity index is 1830. The van der Waals surface area contributed by atoms with Crippen LogP contribution in [0.25, 0.3) is 0 Å². The van der Waals surface area contributed by atoms with E-state index in [-0.39, 0.29) is 31.3 Å². The first-order chi connectivity index (χ1) is 23.9. The van der Waals surface area contributed by atoms with Gasteiger partial charge in [0.2, 0.25) is 11.6 Å². The largest absolute Gasteiger partial charge is 0.418 e. The van der Waals surface area contributed by atoms with Crippen LogP contribution >= 0.6 is 0 Å². The third-order valence-electron chi connectivity index (χ3n) is 4.88. The molecule has 2 heterocycles. The van der Waals surface area contributed by atoms with Crippen molar-refractivity contribution in [2.24, 2.45) is 6.98 Å². The predicted octanol–water partition coefficient (Wildman–Crippen LogP) is 1.16. The highest BCUT2D eigenvalue weighted by Crippen LogP contribution is 2.22. The molecule has 0 bridgehead atoms. The van der Waals surface area contributed by atoms with Gasteiger partial charge >= 0.3 is 17.8 Å². The number of esters is 1. The van der Waals surface area contributed by atoms with Crippen LogP contribution in [0.4, 0.5) is 4.39 Å². The number of nitrogens with zero attached hydrogens (tertiary/aromatic N) is 4. The number of carbonyl (C=O) groups is 3. The van der Waals surface area contributed by atoms with Crippen molar-refractivity contribution in [1.82, 2.24) is 30.4 Å². The molecule has 0 aliphatic heterocycles. The number of amides is 2. The molecular weight excluding hydrogens is 543 g/mol. The van der Waals surface area contributed by atoms with Gasteiger partial charge in [-0.2, -0.15) is 0 Å². The van der Waals surface area contributed by atoms with E-state index in [4.69, 9.17) is 33.7 Å². The van der Waals surface area contributed by atoms with Crippen LogP contribution in [-0.4, -0.2) is 64.5 Å². The van der Waals surface area contributed by atoms with Crippen LogP contribution < -0.4 is 20.9 Å². The zero-order chi connectivity index (χ0) is 39.4. The lowest BCUT2D eigenvalue weighted by Gasteiger charge is -2.27. The van der Waals surface area contributed by atoms with Crippen LogP contribution in [0, 0.1) is 12.7 Å². The van der Waals surface area contributed by atoms with Gasteiger partial charge in [0.25, 0.3) is 11.5 Å². The molecule has 2 amide bonds. The lowest BCUT2D eigenvalue weighted by Crippen LogP contribution is -2.46. The summed E-state index contributed by atoms with van der Waals surface area (Å²) >= 11 is 0. The number of nitrogens with one attached hydrogen (secondary N) is 2. The summed E-state index contributed by atoms with van der Waals surface area (Å²) in [5, 5.41) is 10.2. The highest BCUT2D eigenvalue weighted by atomic mass is 19.1. The molecule has 0 spiro atoms. The molecule has 0 radical (unpaired) electrons. The Morgan fingerprint density at radius 2 is 1.90 bits per heavy atom. The van der Waals surface area contributed by atoms with Crippen molar-refractivity contribution in [1.29, 1.82) is 0 Å². The normalized spacial score (nSPS) is 16.5. The highest BCUT2D eigenvalue weighted by Gasteiger charge is 2.33. The van der Waals surface area contributed by atoms with E-state index in [0.717, 1.165) is 24.3 Å². The van der Waals surface area contributed by atoms with Gasteiger partial charge in [0.15, 0.2) is 5.69 Å². The number of hydrogen-bond acceptors (Lipinski definition) is 11. The third-order valence-corrected chi connectivity index (χ3v) is 4.88. The van der Waals surface area contributed by atoms with E-state index in [1.807, 2.05) is 0 Å². The van der Waals surface area contributed by atoms with Crippen molar-refractivity contribution >= 4 is 17.8 Å². The van der Waals surface area contributed by atoms with E-state index < -0.39 is 96.0 Å². The Morgan fingerprint density at radius 1 is 1.15 bits per heavy atom. The summed E-state index contributed by atoms with van der Waals surface area (Å²) in [7, 11) is 1.37. The average Bonchev–Trinajstić information content (AvgIpc) is 3.44. The maximum Gasteiger partial charge on any atom is 0.313 e. The molecule has 0 saturated heterocycles. The molecule has 0 unspecified atom stereocenters. The minimum absolute atomic E-state index is 0.0131. The topological polar surface area (TPSA) is 177 Å². The Morgan fingerprint density at radius 3 is 2.54 bits per heavy atom. The third kappa shape index (κ3) is 8.25. The number of carbonyl (C=O) groups excluding carboxylic acids is 3. The van der Waals surface area contributed by atoms with Gasteiger partial charge in [-0.1, -0.05) is 12.1 Å². The van der Waals surface area contributed by atoms with Gasteiger partial charge in [0, 0.05) is 39.8 Å². The molecule has 0 saturated carbocycles. The van der Waals surface area contributed by atoms with Crippen LogP contribution in [0.2, 0.25) is 0 Å². The minimum Gasteiger partial charge on any atom is -0.418 e. The van der Waals surface area contributed by atoms with Gasteiger partial charge in [-0.25, -0.2) is 9.37 Å². The van der Waals surface area contributed by atoms with E-state index in [1.54, 1.807) is 10.6 Å². The lowest BCUT2D eigenvalue weighted by molar-refractivity contribution is -0.135. The fraction of sp³-hybridized carbons (Fsp3) is 0.423. The molecule has 41 heavy (non-hydrogen) atoms. The zero-order valence-corrected chi connectivity index (χ0v) is 21.6. The number of rotatable bonds is 13. The molecule has 0 fully saturated rings. The van der Waals surface area contributed by atoms with Crippen molar-refractivity contribution in [2.45, 2.75) is 39.1 Å². The van der Waals surface area contributed by atoms with Crippen LogP contribution in [0.5, 0.6) is 5.75 Å². The first-order valence-electron chi connectivity index (χ1n) is 17.0. The van der Waals surface area contributed by atoms with Crippen molar-refractivity contribution in [3.63, 3.8) is 0 Å². The molecule has 0 aliphatic carbocycles. The number of benzene rings is 1. The standard InChI is InChI=1S/C26H31FN6O8/c1-15-31-32-23(40-15)22(36)30-26(2,3)25-29-19(21(35)28-14-16-6-8-17(27)9-7-16)20(24(37)33(25)4)41-18(34)10-11-39-13-12-38-5/h6-9H,10-14H2,1-5H3,(H,28,35)(H,30,36)/i2D3,3D3,4D3,14D2. The average molecular weight is 586 g/mol. The summed E-state index contributed by atoms with van der Waals surface area (Å²) in [4.78, 5) is 57.5. The number of ether oxygens (including phenoxy) is 3. The first-order valence-corrected chi connectivity index (χ1v) is 11.5. The second kappa shape index (κ2) is 13.7. The van der Waals surface area contributed by atoms with Crippen molar-refractivity contribution in [3.8, 4) is 5.75 Å². The van der Waals surface area contributed by atoms with Crippen LogP contribution in [0.3, 0.4) is 0 Å². The maximum absolute atomic E-state index is 14.0. The Hall–Kier alpha value is -4.50. The predicted molar refractivity (Wildman–Crippen MR) is 140 cm³/mol. The minimum atomic E-state index is -4.05. The summed E-state index contributed by atoms with van der Waals surface area (Å²) in [6.45, 7) is -13.9. The van der Waals surface area contributed by atoms with Crippen molar-refractivity contribution in [3.05, 3.63) is 69.3 Å². The summed E-state index contributed by atoms with van der Waals surface area (Å²) in [5.41, 5.74) is -7.88. The van der Waals surface area contributed by atoms with E-state index in [9.17, 15) is 23.6 Å². The second-order valence-electron chi connectivity index (χ2n) is 8.00. The summed E-state index contributed by atoms with van der Waals surface area (Å²) < 4.78 is 123. The van der Waals surface area contributed by atoms with Crippen molar-refractivity contribution < 1.29 is 52.5 Å². The summed E-state index contributed by atoms with van der Waals surface area (Å²) in [6, 6.07) is 3.52. The fourth-order valence-corrected chi connectivity index (χ4v) is 2.96. The van der Waals surface area contributed by atoms with Gasteiger partial charge in [-0.05, 0) is 31.4 Å². The van der Waals surface area contributed by atoms with Gasteiger partial charge in [0.05, 0.1) is 34.5 Å². The van der Waals surface area contributed by atoms with E-state index in [1.165, 1.54) is 14.0 Å². The number of halogens is 1. The first kappa shape index (κ1) is 18.8. The van der Waals surface area contributed by atoms with E-state index in [0.29, 0.717) is 0 Å². The molecule has 2 aromatic heterocycles. The van der Waals surface area contributed by atoms with Gasteiger partial charge in [-0.15, -0.1) is 10.2 Å². The second-order valence-corrected chi connectivity index (χ2v) is 8.00. The molecule has 15 heteroatoms. The number of methoxy groups -OCH3 is 1. The molecule has 0 aliphatic rings. The Kier molecular flexibility index (Phi) is 6.28. The molecule has 14 nitrogen and oxygen atoms in total. The monoisotopic (exact) mass is 585 g/mol. The highest BCUT2D eigenvalue weighted by molar-refractivity contribution is 5.95. The Balaban J connectivity index is 2.40. The summed E-state index contributed by atoms with van der Waals surface area (Å²) in [6.07, 6.45) is -0.635. The molecule has 220 valence electrons. The van der Waals surface area contributed by atoms with Gasteiger partial charge in [0.1, 0.15) is 11.6 Å². The van der Waals surface area contributed by atoms with Gasteiger partial charge < -0.3 is 29.3 Å². The number of hydrogen-bond donors (Lipinski definition) is 2. The lowest BCUT2D eigenvalue weighted by atomic mass is 10.0. The molecular formula is C26H31FN6O8. The number of aryl methyl sites for hydroxylation is 1. The van der Waals surface area contributed by atoms with Crippen LogP contribution in [0.15, 0.2) is 33.5 Å². The SMILES string of the molecule is [2H]C([2H])(NC(=O)c1nc(C(NC(=O)c2nnc(C)o2)(C([2H])([2H])[2H])C([2H])([2H])[2H])n(C([2H])([2H])[2H])c(=O)c1OC(=O)CCOCCOC)c1ccc(F)cc1. The molecule has 1 aromatic carbocycles. The molecule has 0 atom stereocenters. The Labute approximate surface area is 249 Å². The van der Waals surface area contributed by atoms with Crippen LogP contribution in [-0.2, 0) is 33.3 Å².